The molecule has 0 saturated carbocycles. The first kappa shape index (κ1) is 18.7. The summed E-state index contributed by atoms with van der Waals surface area (Å²) in [5.74, 6) is 0.582. The molecule has 0 saturated heterocycles. The molecule has 0 aliphatic heterocycles. The predicted molar refractivity (Wildman–Crippen MR) is 113 cm³/mol. The summed E-state index contributed by atoms with van der Waals surface area (Å²) in [5, 5.41) is 8.41. The second-order valence-electron chi connectivity index (χ2n) is 6.84. The first-order valence-corrected chi connectivity index (χ1v) is 9.41. The summed E-state index contributed by atoms with van der Waals surface area (Å²) in [6.45, 7) is 4.15. The van der Waals surface area contributed by atoms with Crippen LogP contribution in [0, 0.1) is 13.8 Å². The van der Waals surface area contributed by atoms with Crippen LogP contribution in [0.1, 0.15) is 27.3 Å². The molecule has 2 heterocycles. The Morgan fingerprint density at radius 3 is 2.55 bits per heavy atom. The molecule has 0 fully saturated rings. The van der Waals surface area contributed by atoms with Crippen molar-refractivity contribution >= 4 is 16.9 Å². The fourth-order valence-electron chi connectivity index (χ4n) is 3.46. The Hall–Kier alpha value is -3.67. The van der Waals surface area contributed by atoms with Crippen LogP contribution in [0.4, 0.5) is 0 Å². The molecule has 0 spiro atoms. The van der Waals surface area contributed by atoms with E-state index < -0.39 is 0 Å². The number of nitrogens with zero attached hydrogens (tertiary/aromatic N) is 3. The molecule has 6 heteroatoms. The molecule has 2 aromatic heterocycles. The van der Waals surface area contributed by atoms with Crippen LogP contribution in [-0.2, 0) is 6.54 Å². The molecule has 0 aliphatic rings. The largest absolute Gasteiger partial charge is 0.496 e. The van der Waals surface area contributed by atoms with Gasteiger partial charge in [0.1, 0.15) is 5.75 Å². The van der Waals surface area contributed by atoms with Gasteiger partial charge >= 0.3 is 0 Å². The Bertz CT molecular complexity index is 1180. The summed E-state index contributed by atoms with van der Waals surface area (Å²) < 4.78 is 7.16. The number of aromatic nitrogens is 3. The molecule has 29 heavy (non-hydrogen) atoms. The van der Waals surface area contributed by atoms with E-state index in [1.807, 2.05) is 74.5 Å². The number of hydrogen-bond acceptors (Lipinski definition) is 4. The Balaban J connectivity index is 1.72. The molecule has 0 bridgehead atoms. The van der Waals surface area contributed by atoms with Crippen molar-refractivity contribution in [3.8, 4) is 11.4 Å². The van der Waals surface area contributed by atoms with Crippen LogP contribution in [-0.4, -0.2) is 27.8 Å². The second-order valence-corrected chi connectivity index (χ2v) is 6.84. The highest BCUT2D eigenvalue weighted by atomic mass is 16.5. The first-order chi connectivity index (χ1) is 14.1. The maximum absolute atomic E-state index is 13.1. The molecule has 146 valence electrons. The lowest BCUT2D eigenvalue weighted by atomic mass is 10.1. The van der Waals surface area contributed by atoms with E-state index >= 15 is 0 Å². The molecule has 4 rings (SSSR count). The maximum Gasteiger partial charge on any atom is 0.252 e. The van der Waals surface area contributed by atoms with Gasteiger partial charge in [-0.1, -0.05) is 36.4 Å². The van der Waals surface area contributed by atoms with Gasteiger partial charge in [-0.3, -0.25) is 4.79 Å². The molecular weight excluding hydrogens is 364 g/mol. The predicted octanol–water partition coefficient (Wildman–Crippen LogP) is 3.98. The van der Waals surface area contributed by atoms with Gasteiger partial charge < -0.3 is 10.1 Å². The number of carbonyl (C=O) groups excluding carboxylic acids is 1. The van der Waals surface area contributed by atoms with Gasteiger partial charge in [0.25, 0.3) is 5.91 Å². The molecule has 6 nitrogen and oxygen atoms in total. The Morgan fingerprint density at radius 1 is 1.07 bits per heavy atom. The smallest absolute Gasteiger partial charge is 0.252 e. The molecule has 0 aliphatic carbocycles. The minimum atomic E-state index is -0.165. The lowest BCUT2D eigenvalue weighted by Gasteiger charge is -2.11. The third-order valence-electron chi connectivity index (χ3n) is 4.82. The minimum Gasteiger partial charge on any atom is -0.496 e. The summed E-state index contributed by atoms with van der Waals surface area (Å²) in [6, 6.07) is 19.3. The van der Waals surface area contributed by atoms with Crippen molar-refractivity contribution in [1.29, 1.82) is 0 Å². The number of amides is 1. The van der Waals surface area contributed by atoms with Crippen LogP contribution >= 0.6 is 0 Å². The monoisotopic (exact) mass is 386 g/mol. The summed E-state index contributed by atoms with van der Waals surface area (Å²) in [6.07, 6.45) is 0. The van der Waals surface area contributed by atoms with Gasteiger partial charge in [0.2, 0.25) is 0 Å². The van der Waals surface area contributed by atoms with Gasteiger partial charge in [-0.15, -0.1) is 0 Å². The summed E-state index contributed by atoms with van der Waals surface area (Å²) in [5.41, 5.74) is 4.60. The number of benzene rings is 2. The van der Waals surface area contributed by atoms with E-state index in [9.17, 15) is 4.79 Å². The number of fused-ring (bicyclic) bond motifs is 1. The summed E-state index contributed by atoms with van der Waals surface area (Å²) >= 11 is 0. The number of ether oxygens (including phenoxy) is 1. The number of nitrogens with one attached hydrogen (secondary N) is 1. The van der Waals surface area contributed by atoms with Crippen molar-refractivity contribution in [2.45, 2.75) is 20.4 Å². The summed E-state index contributed by atoms with van der Waals surface area (Å²) in [7, 11) is 1.62. The lowest BCUT2D eigenvalue weighted by Crippen LogP contribution is -2.23. The average molecular weight is 386 g/mol. The third kappa shape index (κ3) is 3.57. The van der Waals surface area contributed by atoms with E-state index in [0.29, 0.717) is 17.8 Å². The van der Waals surface area contributed by atoms with Crippen molar-refractivity contribution in [1.82, 2.24) is 20.1 Å². The zero-order valence-electron chi connectivity index (χ0n) is 16.6. The van der Waals surface area contributed by atoms with Crippen LogP contribution in [0.25, 0.3) is 16.7 Å². The Labute approximate surface area is 169 Å². The van der Waals surface area contributed by atoms with Crippen LogP contribution in [0.3, 0.4) is 0 Å². The van der Waals surface area contributed by atoms with Crippen molar-refractivity contribution in [3.05, 3.63) is 83.2 Å². The molecule has 1 N–H and O–H groups in total. The molecule has 0 unspecified atom stereocenters. The summed E-state index contributed by atoms with van der Waals surface area (Å²) in [4.78, 5) is 17.7. The number of hydrogen-bond donors (Lipinski definition) is 1. The van der Waals surface area contributed by atoms with Crippen molar-refractivity contribution in [2.24, 2.45) is 0 Å². The second kappa shape index (κ2) is 7.75. The normalized spacial score (nSPS) is 10.9. The van der Waals surface area contributed by atoms with Gasteiger partial charge in [0.05, 0.1) is 29.4 Å². The SMILES string of the molecule is COc1ccccc1CNC(=O)c1cc(C)nc2c1c(C)nn2-c1ccccc1. The molecule has 0 atom stereocenters. The number of carbonyl (C=O) groups is 1. The van der Waals surface area contributed by atoms with E-state index in [1.54, 1.807) is 11.8 Å². The van der Waals surface area contributed by atoms with Crippen molar-refractivity contribution < 1.29 is 9.53 Å². The fraction of sp³-hybridized carbons (Fsp3) is 0.174. The van der Waals surface area contributed by atoms with E-state index in [4.69, 9.17) is 4.74 Å². The van der Waals surface area contributed by atoms with Crippen molar-refractivity contribution in [3.63, 3.8) is 0 Å². The number of methoxy groups -OCH3 is 1. The highest BCUT2D eigenvalue weighted by Crippen LogP contribution is 2.25. The number of aryl methyl sites for hydroxylation is 2. The van der Waals surface area contributed by atoms with E-state index in [2.05, 4.69) is 15.4 Å². The zero-order valence-corrected chi connectivity index (χ0v) is 16.6. The highest BCUT2D eigenvalue weighted by molar-refractivity contribution is 6.06. The van der Waals surface area contributed by atoms with Crippen molar-refractivity contribution in [2.75, 3.05) is 7.11 Å². The van der Waals surface area contributed by atoms with E-state index in [1.165, 1.54) is 0 Å². The standard InChI is InChI=1S/C23H22N4O2/c1-15-13-19(23(28)24-14-17-9-7-8-12-20(17)29-3)21-16(2)26-27(22(21)25-15)18-10-5-4-6-11-18/h4-13H,14H2,1-3H3,(H,24,28). The van der Waals surface area contributed by atoms with Gasteiger partial charge in [-0.05, 0) is 38.1 Å². The fourth-order valence-corrected chi connectivity index (χ4v) is 3.46. The minimum absolute atomic E-state index is 0.165. The quantitative estimate of drug-likeness (QED) is 0.563. The molecule has 1 amide bonds. The van der Waals surface area contributed by atoms with Gasteiger partial charge in [0, 0.05) is 17.8 Å². The molecular formula is C23H22N4O2. The Morgan fingerprint density at radius 2 is 1.79 bits per heavy atom. The lowest BCUT2D eigenvalue weighted by molar-refractivity contribution is 0.0952. The van der Waals surface area contributed by atoms with Gasteiger partial charge in [-0.25, -0.2) is 9.67 Å². The van der Waals surface area contributed by atoms with Crippen LogP contribution in [0.15, 0.2) is 60.7 Å². The number of pyridine rings is 1. The topological polar surface area (TPSA) is 69.0 Å². The van der Waals surface area contributed by atoms with Crippen LogP contribution in [0.2, 0.25) is 0 Å². The van der Waals surface area contributed by atoms with Gasteiger partial charge in [-0.2, -0.15) is 5.10 Å². The number of rotatable bonds is 5. The highest BCUT2D eigenvalue weighted by Gasteiger charge is 2.19. The Kier molecular flexibility index (Phi) is 4.99. The van der Waals surface area contributed by atoms with Gasteiger partial charge in [0.15, 0.2) is 5.65 Å². The molecule has 0 radical (unpaired) electrons. The maximum atomic E-state index is 13.1. The number of para-hydroxylation sites is 2. The van der Waals surface area contributed by atoms with Crippen LogP contribution in [0.5, 0.6) is 5.75 Å². The van der Waals surface area contributed by atoms with Crippen LogP contribution < -0.4 is 10.1 Å². The van der Waals surface area contributed by atoms with E-state index in [0.717, 1.165) is 33.8 Å². The molecule has 2 aromatic carbocycles. The van der Waals surface area contributed by atoms with E-state index in [-0.39, 0.29) is 5.91 Å². The average Bonchev–Trinajstić information content (AvgIpc) is 3.08. The molecule has 4 aromatic rings. The first-order valence-electron chi connectivity index (χ1n) is 9.41. The zero-order chi connectivity index (χ0) is 20.4. The third-order valence-corrected chi connectivity index (χ3v) is 4.82.